The van der Waals surface area contributed by atoms with E-state index in [9.17, 15) is 4.79 Å². The van der Waals surface area contributed by atoms with Crippen LogP contribution < -0.4 is 10.1 Å². The number of ether oxygens (including phenoxy) is 2. The lowest BCUT2D eigenvalue weighted by Crippen LogP contribution is -2.06. The number of carbonyl (C=O) groups excluding carboxylic acids is 1. The van der Waals surface area contributed by atoms with E-state index >= 15 is 0 Å². The molecule has 0 aliphatic carbocycles. The Hall–Kier alpha value is -3.49. The van der Waals surface area contributed by atoms with Gasteiger partial charge in [0, 0.05) is 18.2 Å². The second kappa shape index (κ2) is 12.7. The number of thiazole rings is 1. The molecule has 0 spiro atoms. The monoisotopic (exact) mass is 496 g/mol. The fourth-order valence-electron chi connectivity index (χ4n) is 3.12. The van der Waals surface area contributed by atoms with Gasteiger partial charge in [0.25, 0.3) is 5.88 Å². The van der Waals surface area contributed by atoms with Crippen LogP contribution in [0.3, 0.4) is 0 Å². The zero-order valence-electron chi connectivity index (χ0n) is 18.6. The molecule has 7 nitrogen and oxygen atoms in total. The molecule has 4 rings (SSSR count). The highest BCUT2D eigenvalue weighted by molar-refractivity contribution is 7.13. The Kier molecular flexibility index (Phi) is 9.37. The van der Waals surface area contributed by atoms with Crippen LogP contribution in [0.1, 0.15) is 28.9 Å². The SMILES string of the molecule is COC(=O)CCc1csc(Nc2ncc(Cc3ccccc3)nc2OCc2ccccc2)n1.Cl. The van der Waals surface area contributed by atoms with E-state index in [4.69, 9.17) is 14.5 Å². The van der Waals surface area contributed by atoms with Crippen molar-refractivity contribution in [1.82, 2.24) is 15.0 Å². The molecule has 0 saturated heterocycles. The van der Waals surface area contributed by atoms with E-state index in [0.717, 1.165) is 22.5 Å². The van der Waals surface area contributed by atoms with Crippen molar-refractivity contribution in [3.63, 3.8) is 0 Å². The molecule has 0 aliphatic rings. The number of nitrogens with one attached hydrogen (secondary N) is 1. The van der Waals surface area contributed by atoms with Crippen LogP contribution in [-0.2, 0) is 29.0 Å². The number of hydrogen-bond donors (Lipinski definition) is 1. The van der Waals surface area contributed by atoms with Gasteiger partial charge in [0.1, 0.15) is 6.61 Å². The second-order valence-electron chi connectivity index (χ2n) is 7.30. The topological polar surface area (TPSA) is 86.2 Å². The van der Waals surface area contributed by atoms with Crippen LogP contribution in [-0.4, -0.2) is 28.0 Å². The van der Waals surface area contributed by atoms with Gasteiger partial charge in [0.15, 0.2) is 10.9 Å². The van der Waals surface area contributed by atoms with Gasteiger partial charge >= 0.3 is 5.97 Å². The van der Waals surface area contributed by atoms with E-state index in [2.05, 4.69) is 27.4 Å². The number of carbonyl (C=O) groups is 1. The van der Waals surface area contributed by atoms with Gasteiger partial charge in [-0.3, -0.25) is 4.79 Å². The molecule has 0 amide bonds. The zero-order chi connectivity index (χ0) is 22.9. The van der Waals surface area contributed by atoms with Crippen LogP contribution >= 0.6 is 23.7 Å². The van der Waals surface area contributed by atoms with E-state index in [1.165, 1.54) is 18.4 Å². The average Bonchev–Trinajstić information content (AvgIpc) is 3.31. The molecule has 176 valence electrons. The first kappa shape index (κ1) is 25.1. The number of benzene rings is 2. The van der Waals surface area contributed by atoms with E-state index in [0.29, 0.717) is 42.7 Å². The van der Waals surface area contributed by atoms with Crippen molar-refractivity contribution in [2.45, 2.75) is 25.9 Å². The van der Waals surface area contributed by atoms with Crippen LogP contribution in [0, 0.1) is 0 Å². The summed E-state index contributed by atoms with van der Waals surface area (Å²) in [5.74, 6) is 0.657. The number of methoxy groups -OCH3 is 1. The van der Waals surface area contributed by atoms with E-state index in [1.807, 2.05) is 53.9 Å². The molecule has 0 aliphatic heterocycles. The summed E-state index contributed by atoms with van der Waals surface area (Å²) in [4.78, 5) is 25.2. The minimum absolute atomic E-state index is 0. The molecule has 2 heterocycles. The molecule has 2 aromatic carbocycles. The van der Waals surface area contributed by atoms with E-state index < -0.39 is 0 Å². The number of halogens is 1. The number of rotatable bonds is 10. The van der Waals surface area contributed by atoms with Gasteiger partial charge in [-0.15, -0.1) is 23.7 Å². The summed E-state index contributed by atoms with van der Waals surface area (Å²) in [6.07, 6.45) is 3.21. The number of esters is 1. The van der Waals surface area contributed by atoms with Gasteiger partial charge in [-0.1, -0.05) is 60.7 Å². The highest BCUT2D eigenvalue weighted by atomic mass is 35.5. The lowest BCUT2D eigenvalue weighted by molar-refractivity contribution is -0.140. The highest BCUT2D eigenvalue weighted by Gasteiger charge is 2.13. The Morgan fingerprint density at radius 2 is 1.68 bits per heavy atom. The quantitative estimate of drug-likeness (QED) is 0.295. The number of nitrogens with zero attached hydrogens (tertiary/aromatic N) is 3. The molecular weight excluding hydrogens is 472 g/mol. The first-order chi connectivity index (χ1) is 16.2. The van der Waals surface area contributed by atoms with Gasteiger partial charge in [-0.2, -0.15) is 0 Å². The maximum atomic E-state index is 11.4. The van der Waals surface area contributed by atoms with Crippen molar-refractivity contribution in [2.24, 2.45) is 0 Å². The van der Waals surface area contributed by atoms with E-state index in [1.54, 1.807) is 6.20 Å². The fourth-order valence-corrected chi connectivity index (χ4v) is 3.87. The van der Waals surface area contributed by atoms with Crippen LogP contribution in [0.5, 0.6) is 5.88 Å². The minimum Gasteiger partial charge on any atom is -0.470 e. The Morgan fingerprint density at radius 3 is 2.38 bits per heavy atom. The van der Waals surface area contributed by atoms with Crippen LogP contribution in [0.2, 0.25) is 0 Å². The highest BCUT2D eigenvalue weighted by Crippen LogP contribution is 2.27. The van der Waals surface area contributed by atoms with Gasteiger partial charge in [-0.05, 0) is 11.1 Å². The number of hydrogen-bond acceptors (Lipinski definition) is 8. The first-order valence-electron chi connectivity index (χ1n) is 10.5. The second-order valence-corrected chi connectivity index (χ2v) is 8.15. The van der Waals surface area contributed by atoms with Gasteiger partial charge in [-0.25, -0.2) is 15.0 Å². The molecule has 0 fully saturated rings. The normalized spacial score (nSPS) is 10.3. The van der Waals surface area contributed by atoms with Crippen molar-refractivity contribution in [2.75, 3.05) is 12.4 Å². The van der Waals surface area contributed by atoms with Gasteiger partial charge in [0.2, 0.25) is 0 Å². The molecule has 0 bridgehead atoms. The van der Waals surface area contributed by atoms with Crippen LogP contribution in [0.25, 0.3) is 0 Å². The molecule has 0 unspecified atom stereocenters. The first-order valence-corrected chi connectivity index (χ1v) is 11.4. The maximum absolute atomic E-state index is 11.4. The van der Waals surface area contributed by atoms with Crippen molar-refractivity contribution >= 4 is 40.7 Å². The summed E-state index contributed by atoms with van der Waals surface area (Å²) in [6, 6.07) is 20.0. The maximum Gasteiger partial charge on any atom is 0.305 e. The predicted octanol–water partition coefficient (Wildman–Crippen LogP) is 5.37. The predicted molar refractivity (Wildman–Crippen MR) is 135 cm³/mol. The molecular formula is C25H25ClN4O3S. The zero-order valence-corrected chi connectivity index (χ0v) is 20.3. The third-order valence-corrected chi connectivity index (χ3v) is 5.63. The Labute approximate surface area is 208 Å². The van der Waals surface area contributed by atoms with Crippen molar-refractivity contribution < 1.29 is 14.3 Å². The molecule has 0 radical (unpaired) electrons. The molecule has 9 heteroatoms. The number of aryl methyl sites for hydroxylation is 1. The van der Waals surface area contributed by atoms with Crippen LogP contribution in [0.15, 0.2) is 72.2 Å². The summed E-state index contributed by atoms with van der Waals surface area (Å²) in [6.45, 7) is 0.376. The Balaban J connectivity index is 0.00000324. The standard InChI is InChI=1S/C25H24N4O3S.ClH/c1-31-22(30)13-12-20-17-33-25(28-20)29-23-24(32-16-19-10-6-3-7-11-19)27-21(15-26-23)14-18-8-4-2-5-9-18;/h2-11,15,17H,12-14,16H2,1H3,(H,26,28,29);1H. The fraction of sp³-hybridized carbons (Fsp3) is 0.200. The van der Waals surface area contributed by atoms with Crippen molar-refractivity contribution in [3.05, 3.63) is 94.8 Å². The lowest BCUT2D eigenvalue weighted by Gasteiger charge is -2.12. The summed E-state index contributed by atoms with van der Waals surface area (Å²) in [7, 11) is 1.38. The van der Waals surface area contributed by atoms with Crippen molar-refractivity contribution in [1.29, 1.82) is 0 Å². The minimum atomic E-state index is -0.256. The molecule has 4 aromatic rings. The molecule has 1 N–H and O–H groups in total. The summed E-state index contributed by atoms with van der Waals surface area (Å²) >= 11 is 1.44. The smallest absolute Gasteiger partial charge is 0.305 e. The number of aromatic nitrogens is 3. The third kappa shape index (κ3) is 7.26. The van der Waals surface area contributed by atoms with E-state index in [-0.39, 0.29) is 18.4 Å². The summed E-state index contributed by atoms with van der Waals surface area (Å²) < 4.78 is 10.7. The van der Waals surface area contributed by atoms with Crippen molar-refractivity contribution in [3.8, 4) is 5.88 Å². The third-order valence-electron chi connectivity index (χ3n) is 4.83. The molecule has 2 aromatic heterocycles. The molecule has 0 atom stereocenters. The number of anilines is 2. The van der Waals surface area contributed by atoms with Gasteiger partial charge < -0.3 is 14.8 Å². The van der Waals surface area contributed by atoms with Crippen LogP contribution in [0.4, 0.5) is 10.9 Å². The van der Waals surface area contributed by atoms with Gasteiger partial charge in [0.05, 0.1) is 31.1 Å². The average molecular weight is 497 g/mol. The molecule has 0 saturated carbocycles. The lowest BCUT2D eigenvalue weighted by atomic mass is 10.1. The summed E-state index contributed by atoms with van der Waals surface area (Å²) in [5, 5.41) is 5.78. The molecule has 34 heavy (non-hydrogen) atoms. The largest absolute Gasteiger partial charge is 0.470 e. The Bertz CT molecular complexity index is 1190. The Morgan fingerprint density at radius 1 is 0.971 bits per heavy atom. The summed E-state index contributed by atoms with van der Waals surface area (Å²) in [5.41, 5.74) is 3.82.